The van der Waals surface area contributed by atoms with Gasteiger partial charge in [0.15, 0.2) is 0 Å². The van der Waals surface area contributed by atoms with E-state index in [1.54, 1.807) is 20.8 Å². The van der Waals surface area contributed by atoms with E-state index in [0.29, 0.717) is 13.0 Å². The molecule has 0 heterocycles. The van der Waals surface area contributed by atoms with Crippen molar-refractivity contribution in [2.75, 3.05) is 13.7 Å². The molecule has 3 amide bonds. The van der Waals surface area contributed by atoms with Crippen LogP contribution in [0.2, 0.25) is 0 Å². The lowest BCUT2D eigenvalue weighted by Crippen LogP contribution is -2.48. The van der Waals surface area contributed by atoms with Crippen molar-refractivity contribution in [2.24, 2.45) is 11.8 Å². The van der Waals surface area contributed by atoms with Gasteiger partial charge in [-0.2, -0.15) is 0 Å². The van der Waals surface area contributed by atoms with Crippen molar-refractivity contribution in [1.82, 2.24) is 16.0 Å². The second-order valence-corrected chi connectivity index (χ2v) is 11.8. The van der Waals surface area contributed by atoms with E-state index in [9.17, 15) is 19.2 Å². The molecule has 0 aliphatic rings. The fraction of sp³-hybridized carbons (Fsp3) is 0.667. The molecule has 0 aliphatic heterocycles. The third kappa shape index (κ3) is 16.1. The van der Waals surface area contributed by atoms with E-state index in [-0.39, 0.29) is 55.6 Å². The number of amides is 3. The molecule has 0 spiro atoms. The van der Waals surface area contributed by atoms with Crippen LogP contribution in [0.4, 0.5) is 4.79 Å². The van der Waals surface area contributed by atoms with Gasteiger partial charge >= 0.3 is 12.1 Å². The highest BCUT2D eigenvalue weighted by Crippen LogP contribution is 2.12. The summed E-state index contributed by atoms with van der Waals surface area (Å²) in [6.07, 6.45) is 0.0417. The summed E-state index contributed by atoms with van der Waals surface area (Å²) in [5.41, 5.74) is 0.303. The van der Waals surface area contributed by atoms with Crippen molar-refractivity contribution in [2.45, 2.75) is 104 Å². The van der Waals surface area contributed by atoms with Crippen molar-refractivity contribution >= 4 is 23.9 Å². The van der Waals surface area contributed by atoms with Crippen LogP contribution in [-0.4, -0.2) is 61.3 Å². The van der Waals surface area contributed by atoms with Crippen LogP contribution in [0.1, 0.15) is 79.7 Å². The molecule has 3 atom stereocenters. The third-order valence-corrected chi connectivity index (χ3v) is 5.90. The Bertz CT molecular complexity index is 929. The monoisotopic (exact) mass is 563 g/mol. The number of rotatable bonds is 16. The molecule has 0 saturated carbocycles. The van der Waals surface area contributed by atoms with Crippen molar-refractivity contribution in [3.05, 3.63) is 35.9 Å². The number of alkyl carbamates (subject to hydrolysis) is 1. The SMILES string of the molecule is COC(=O)C[C@H](CC(C)C)NC(=O)C[C@H](COCc1ccccc1)NC(=O)C[C@@H](NC(=O)OC(C)(C)C)C(C)C. The molecule has 1 aromatic rings. The number of benzene rings is 1. The third-order valence-electron chi connectivity index (χ3n) is 5.90. The van der Waals surface area contributed by atoms with Gasteiger partial charge in [0.1, 0.15) is 5.60 Å². The Morgan fingerprint density at radius 2 is 1.43 bits per heavy atom. The van der Waals surface area contributed by atoms with Gasteiger partial charge in [0.05, 0.1) is 32.8 Å². The lowest BCUT2D eigenvalue weighted by atomic mass is 10.00. The fourth-order valence-corrected chi connectivity index (χ4v) is 4.00. The van der Waals surface area contributed by atoms with E-state index in [1.165, 1.54) is 7.11 Å². The van der Waals surface area contributed by atoms with Gasteiger partial charge in [0.2, 0.25) is 11.8 Å². The van der Waals surface area contributed by atoms with Gasteiger partial charge in [-0.05, 0) is 44.6 Å². The molecule has 0 aromatic heterocycles. The molecule has 1 aromatic carbocycles. The van der Waals surface area contributed by atoms with Crippen LogP contribution < -0.4 is 16.0 Å². The number of ether oxygens (including phenoxy) is 3. The first-order valence-corrected chi connectivity index (χ1v) is 13.9. The Kier molecular flexibility index (Phi) is 15.3. The van der Waals surface area contributed by atoms with E-state index in [0.717, 1.165) is 5.56 Å². The lowest BCUT2D eigenvalue weighted by molar-refractivity contribution is -0.141. The second kappa shape index (κ2) is 17.5. The van der Waals surface area contributed by atoms with Gasteiger partial charge in [-0.3, -0.25) is 14.4 Å². The van der Waals surface area contributed by atoms with E-state index in [4.69, 9.17) is 14.2 Å². The molecule has 3 N–H and O–H groups in total. The quantitative estimate of drug-likeness (QED) is 0.258. The highest BCUT2D eigenvalue weighted by molar-refractivity contribution is 5.81. The summed E-state index contributed by atoms with van der Waals surface area (Å²) in [4.78, 5) is 50.2. The normalized spacial score (nSPS) is 13.8. The van der Waals surface area contributed by atoms with E-state index in [2.05, 4.69) is 16.0 Å². The number of esters is 1. The van der Waals surface area contributed by atoms with Crippen LogP contribution in [0.25, 0.3) is 0 Å². The summed E-state index contributed by atoms with van der Waals surface area (Å²) in [6.45, 7) is 13.6. The maximum Gasteiger partial charge on any atom is 0.407 e. The maximum absolute atomic E-state index is 13.1. The van der Waals surface area contributed by atoms with Gasteiger partial charge < -0.3 is 30.2 Å². The fourth-order valence-electron chi connectivity index (χ4n) is 4.00. The minimum atomic E-state index is -0.663. The van der Waals surface area contributed by atoms with Crippen molar-refractivity contribution < 1.29 is 33.4 Å². The Morgan fingerprint density at radius 1 is 0.825 bits per heavy atom. The molecule has 1 rings (SSSR count). The molecule has 0 saturated heterocycles. The van der Waals surface area contributed by atoms with E-state index in [1.807, 2.05) is 58.0 Å². The zero-order chi connectivity index (χ0) is 30.3. The van der Waals surface area contributed by atoms with Crippen LogP contribution in [0, 0.1) is 11.8 Å². The predicted molar refractivity (Wildman–Crippen MR) is 153 cm³/mol. The van der Waals surface area contributed by atoms with Gasteiger partial charge in [0, 0.05) is 24.9 Å². The summed E-state index contributed by atoms with van der Waals surface area (Å²) in [5, 5.41) is 8.58. The lowest BCUT2D eigenvalue weighted by Gasteiger charge is -2.26. The van der Waals surface area contributed by atoms with Gasteiger partial charge in [-0.25, -0.2) is 4.79 Å². The number of carbonyl (C=O) groups excluding carboxylic acids is 4. The smallest absolute Gasteiger partial charge is 0.407 e. The highest BCUT2D eigenvalue weighted by Gasteiger charge is 2.26. The number of nitrogens with one attached hydrogen (secondary N) is 3. The molecule has 0 fully saturated rings. The zero-order valence-corrected chi connectivity index (χ0v) is 25.4. The van der Waals surface area contributed by atoms with E-state index < -0.39 is 29.7 Å². The summed E-state index contributed by atoms with van der Waals surface area (Å²) in [7, 11) is 1.31. The Morgan fingerprint density at radius 3 is 1.98 bits per heavy atom. The summed E-state index contributed by atoms with van der Waals surface area (Å²) in [5.74, 6) is -0.826. The molecular formula is C30H49N3O7. The zero-order valence-electron chi connectivity index (χ0n) is 25.4. The van der Waals surface area contributed by atoms with Crippen LogP contribution in [0.15, 0.2) is 30.3 Å². The minimum absolute atomic E-state index is 0.00598. The average Bonchev–Trinajstić information content (AvgIpc) is 2.82. The van der Waals surface area contributed by atoms with E-state index >= 15 is 0 Å². The Labute approximate surface area is 239 Å². The first kappa shape index (κ1) is 34.9. The molecule has 0 unspecified atom stereocenters. The molecule has 226 valence electrons. The second-order valence-electron chi connectivity index (χ2n) is 11.8. The van der Waals surface area contributed by atoms with Crippen LogP contribution in [0.5, 0.6) is 0 Å². The topological polar surface area (TPSA) is 132 Å². The standard InChI is InChI=1S/C30H49N3O7/c1-20(2)14-23(16-28(36)38-8)31-26(34)15-24(19-39-18-22-12-10-9-11-13-22)32-27(35)17-25(21(3)4)33-29(37)40-30(5,6)7/h9-13,20-21,23-25H,14-19H2,1-8H3,(H,31,34)(H,32,35)(H,33,37)/t23-,24+,25+/m0/s1. The largest absolute Gasteiger partial charge is 0.469 e. The molecule has 40 heavy (non-hydrogen) atoms. The number of hydrogen-bond acceptors (Lipinski definition) is 7. The number of methoxy groups -OCH3 is 1. The summed E-state index contributed by atoms with van der Waals surface area (Å²) < 4.78 is 16.0. The van der Waals surface area contributed by atoms with Crippen LogP contribution in [0.3, 0.4) is 0 Å². The average molecular weight is 564 g/mol. The molecule has 10 nitrogen and oxygen atoms in total. The Hall–Kier alpha value is -3.14. The first-order chi connectivity index (χ1) is 18.7. The first-order valence-electron chi connectivity index (χ1n) is 13.9. The number of carbonyl (C=O) groups is 4. The van der Waals surface area contributed by atoms with Crippen molar-refractivity contribution in [3.8, 4) is 0 Å². The highest BCUT2D eigenvalue weighted by atomic mass is 16.6. The summed E-state index contributed by atoms with van der Waals surface area (Å²) in [6, 6.07) is 8.11. The number of hydrogen-bond donors (Lipinski definition) is 3. The van der Waals surface area contributed by atoms with Crippen LogP contribution in [-0.2, 0) is 35.2 Å². The minimum Gasteiger partial charge on any atom is -0.469 e. The maximum atomic E-state index is 13.1. The molecule has 10 heteroatoms. The van der Waals surface area contributed by atoms with Gasteiger partial charge in [-0.1, -0.05) is 58.0 Å². The molecule has 0 bridgehead atoms. The van der Waals surface area contributed by atoms with Crippen molar-refractivity contribution in [3.63, 3.8) is 0 Å². The van der Waals surface area contributed by atoms with Crippen molar-refractivity contribution in [1.29, 1.82) is 0 Å². The molecular weight excluding hydrogens is 514 g/mol. The summed E-state index contributed by atoms with van der Waals surface area (Å²) >= 11 is 0. The molecule has 0 aliphatic carbocycles. The molecule has 0 radical (unpaired) electrons. The van der Waals surface area contributed by atoms with Crippen LogP contribution >= 0.6 is 0 Å². The Balaban J connectivity index is 2.89. The van der Waals surface area contributed by atoms with Gasteiger partial charge in [0.25, 0.3) is 0 Å². The van der Waals surface area contributed by atoms with Gasteiger partial charge in [-0.15, -0.1) is 0 Å². The predicted octanol–water partition coefficient (Wildman–Crippen LogP) is 4.11.